The van der Waals surface area contributed by atoms with Crippen LogP contribution in [0.15, 0.2) is 60.7 Å². The summed E-state index contributed by atoms with van der Waals surface area (Å²) in [6, 6.07) is 19.9. The van der Waals surface area contributed by atoms with Gasteiger partial charge in [0.15, 0.2) is 0 Å². The molecule has 0 saturated heterocycles. The summed E-state index contributed by atoms with van der Waals surface area (Å²) in [5, 5.41) is 11.5. The maximum absolute atomic E-state index is 12.9. The fraction of sp³-hybridized carbons (Fsp3) is 0.250. The van der Waals surface area contributed by atoms with Gasteiger partial charge >= 0.3 is 5.97 Å². The molecule has 0 fully saturated rings. The summed E-state index contributed by atoms with van der Waals surface area (Å²) >= 11 is 0. The minimum atomic E-state index is -0.841. The molecule has 0 aliphatic heterocycles. The van der Waals surface area contributed by atoms with Gasteiger partial charge in [0.1, 0.15) is 6.04 Å². The fourth-order valence-electron chi connectivity index (χ4n) is 2.64. The normalized spacial score (nSPS) is 11.4. The number of rotatable bonds is 7. The van der Waals surface area contributed by atoms with Crippen molar-refractivity contribution in [3.8, 4) is 6.07 Å². The summed E-state index contributed by atoms with van der Waals surface area (Å²) in [6.07, 6.45) is 0.368. The average Bonchev–Trinajstić information content (AvgIpc) is 2.66. The van der Waals surface area contributed by atoms with E-state index in [1.165, 1.54) is 7.11 Å². The zero-order valence-electron chi connectivity index (χ0n) is 14.0. The molecule has 1 atom stereocenters. The second-order valence-corrected chi connectivity index (χ2v) is 5.54. The molecule has 1 N–H and O–H groups in total. The van der Waals surface area contributed by atoms with Crippen molar-refractivity contribution in [1.82, 2.24) is 5.32 Å². The number of esters is 1. The SMILES string of the molecule is COC(=O)[C@@H](CCC#N)NC(=O)C(c1ccccc1)c1ccccc1. The van der Waals surface area contributed by atoms with Crippen LogP contribution in [0.1, 0.15) is 29.9 Å². The highest BCUT2D eigenvalue weighted by Crippen LogP contribution is 2.25. The Kier molecular flexibility index (Phi) is 6.73. The first kappa shape index (κ1) is 18.2. The average molecular weight is 336 g/mol. The molecule has 0 aliphatic carbocycles. The predicted octanol–water partition coefficient (Wildman–Crippen LogP) is 2.78. The van der Waals surface area contributed by atoms with Gasteiger partial charge in [0.25, 0.3) is 0 Å². The van der Waals surface area contributed by atoms with Crippen LogP contribution in [0, 0.1) is 11.3 Å². The van der Waals surface area contributed by atoms with Gasteiger partial charge in [0, 0.05) is 6.42 Å². The van der Waals surface area contributed by atoms with Crippen molar-refractivity contribution >= 4 is 11.9 Å². The first-order valence-corrected chi connectivity index (χ1v) is 8.02. The highest BCUT2D eigenvalue weighted by atomic mass is 16.5. The Morgan fingerprint density at radius 3 is 2.00 bits per heavy atom. The Morgan fingerprint density at radius 1 is 1.04 bits per heavy atom. The molecule has 5 nitrogen and oxygen atoms in total. The summed E-state index contributed by atoms with van der Waals surface area (Å²) in [6.45, 7) is 0. The van der Waals surface area contributed by atoms with Crippen LogP contribution in [-0.4, -0.2) is 25.0 Å². The third kappa shape index (κ3) is 4.92. The number of hydrogen-bond acceptors (Lipinski definition) is 4. The molecule has 0 spiro atoms. The summed E-state index contributed by atoms with van der Waals surface area (Å²) in [4.78, 5) is 24.8. The zero-order chi connectivity index (χ0) is 18.1. The van der Waals surface area contributed by atoms with Gasteiger partial charge in [-0.1, -0.05) is 60.7 Å². The molecule has 0 bridgehead atoms. The smallest absolute Gasteiger partial charge is 0.328 e. The summed E-state index contributed by atoms with van der Waals surface area (Å²) in [7, 11) is 1.26. The Morgan fingerprint density at radius 2 is 1.56 bits per heavy atom. The van der Waals surface area contributed by atoms with Gasteiger partial charge in [-0.2, -0.15) is 5.26 Å². The lowest BCUT2D eigenvalue weighted by Crippen LogP contribution is -2.43. The lowest BCUT2D eigenvalue weighted by atomic mass is 9.90. The molecule has 1 amide bonds. The van der Waals surface area contributed by atoms with E-state index in [1.807, 2.05) is 66.7 Å². The number of benzene rings is 2. The highest BCUT2D eigenvalue weighted by Gasteiger charge is 2.28. The number of ether oxygens (including phenoxy) is 1. The Balaban J connectivity index is 2.29. The molecule has 0 unspecified atom stereocenters. The summed E-state index contributed by atoms with van der Waals surface area (Å²) < 4.78 is 4.74. The number of carbonyl (C=O) groups is 2. The second kappa shape index (κ2) is 9.24. The van der Waals surface area contributed by atoms with E-state index in [1.54, 1.807) is 0 Å². The second-order valence-electron chi connectivity index (χ2n) is 5.54. The maximum Gasteiger partial charge on any atom is 0.328 e. The first-order valence-electron chi connectivity index (χ1n) is 8.02. The number of nitrogens with zero attached hydrogens (tertiary/aromatic N) is 1. The van der Waals surface area contributed by atoms with Crippen molar-refractivity contribution in [2.45, 2.75) is 24.8 Å². The quantitative estimate of drug-likeness (QED) is 0.789. The first-order chi connectivity index (χ1) is 12.2. The maximum atomic E-state index is 12.9. The monoisotopic (exact) mass is 336 g/mol. The zero-order valence-corrected chi connectivity index (χ0v) is 14.0. The van der Waals surface area contributed by atoms with Gasteiger partial charge in [0.05, 0.1) is 19.1 Å². The van der Waals surface area contributed by atoms with Crippen molar-refractivity contribution in [2.75, 3.05) is 7.11 Å². The number of carbonyl (C=O) groups excluding carboxylic acids is 2. The van der Waals surface area contributed by atoms with Crippen LogP contribution in [0.25, 0.3) is 0 Å². The van der Waals surface area contributed by atoms with Gasteiger partial charge in [0.2, 0.25) is 5.91 Å². The predicted molar refractivity (Wildman–Crippen MR) is 93.5 cm³/mol. The molecule has 0 heterocycles. The van der Waals surface area contributed by atoms with Gasteiger partial charge in [-0.3, -0.25) is 4.79 Å². The van der Waals surface area contributed by atoms with Crippen molar-refractivity contribution in [3.05, 3.63) is 71.8 Å². The molecular formula is C20H20N2O3. The highest BCUT2D eigenvalue weighted by molar-refractivity contribution is 5.91. The van der Waals surface area contributed by atoms with E-state index in [0.29, 0.717) is 0 Å². The van der Waals surface area contributed by atoms with Crippen molar-refractivity contribution in [2.24, 2.45) is 0 Å². The molecule has 0 radical (unpaired) electrons. The lowest BCUT2D eigenvalue weighted by molar-refractivity contribution is -0.145. The number of hydrogen-bond donors (Lipinski definition) is 1. The topological polar surface area (TPSA) is 79.2 Å². The minimum Gasteiger partial charge on any atom is -0.467 e. The molecule has 0 saturated carbocycles. The van der Waals surface area contributed by atoms with E-state index in [2.05, 4.69) is 5.32 Å². The molecule has 2 aromatic carbocycles. The van der Waals surface area contributed by atoms with E-state index in [9.17, 15) is 9.59 Å². The van der Waals surface area contributed by atoms with Crippen LogP contribution in [0.2, 0.25) is 0 Å². The largest absolute Gasteiger partial charge is 0.467 e. The molecule has 2 rings (SSSR count). The molecule has 0 aliphatic rings. The lowest BCUT2D eigenvalue weighted by Gasteiger charge is -2.21. The van der Waals surface area contributed by atoms with E-state index in [0.717, 1.165) is 11.1 Å². The van der Waals surface area contributed by atoms with Crippen molar-refractivity contribution in [3.63, 3.8) is 0 Å². The van der Waals surface area contributed by atoms with Gasteiger partial charge in [-0.15, -0.1) is 0 Å². The Hall–Kier alpha value is -3.13. The third-order valence-electron chi connectivity index (χ3n) is 3.88. The van der Waals surface area contributed by atoms with E-state index >= 15 is 0 Å². The molecule has 25 heavy (non-hydrogen) atoms. The fourth-order valence-corrected chi connectivity index (χ4v) is 2.64. The van der Waals surface area contributed by atoms with Crippen molar-refractivity contribution < 1.29 is 14.3 Å². The number of amides is 1. The standard InChI is InChI=1S/C20H20N2O3/c1-25-20(24)17(13-8-14-21)22-19(23)18(15-9-4-2-5-10-15)16-11-6-3-7-12-16/h2-7,9-12,17-18H,8,13H2,1H3,(H,22,23)/t17-/m1/s1. The van der Waals surface area contributed by atoms with Crippen LogP contribution in [0.4, 0.5) is 0 Å². The Bertz CT molecular complexity index is 699. The molecule has 0 aromatic heterocycles. The molecule has 2 aromatic rings. The van der Waals surface area contributed by atoms with Gasteiger partial charge in [-0.25, -0.2) is 4.79 Å². The van der Waals surface area contributed by atoms with Crippen LogP contribution < -0.4 is 5.32 Å². The van der Waals surface area contributed by atoms with E-state index in [-0.39, 0.29) is 18.7 Å². The van der Waals surface area contributed by atoms with E-state index in [4.69, 9.17) is 10.00 Å². The number of methoxy groups -OCH3 is 1. The van der Waals surface area contributed by atoms with Crippen LogP contribution in [-0.2, 0) is 14.3 Å². The van der Waals surface area contributed by atoms with Crippen LogP contribution in [0.5, 0.6) is 0 Å². The third-order valence-corrected chi connectivity index (χ3v) is 3.88. The number of nitrogens with one attached hydrogen (secondary N) is 1. The molecular weight excluding hydrogens is 316 g/mol. The number of nitriles is 1. The summed E-state index contributed by atoms with van der Waals surface area (Å²) in [5.41, 5.74) is 1.66. The van der Waals surface area contributed by atoms with E-state index < -0.39 is 17.9 Å². The van der Waals surface area contributed by atoms with Crippen LogP contribution in [0.3, 0.4) is 0 Å². The molecule has 5 heteroatoms. The van der Waals surface area contributed by atoms with Gasteiger partial charge < -0.3 is 10.1 Å². The summed E-state index contributed by atoms with van der Waals surface area (Å²) in [5.74, 6) is -1.40. The molecule has 128 valence electrons. The van der Waals surface area contributed by atoms with Crippen molar-refractivity contribution in [1.29, 1.82) is 5.26 Å². The minimum absolute atomic E-state index is 0.154. The van der Waals surface area contributed by atoms with Gasteiger partial charge in [-0.05, 0) is 17.5 Å². The Labute approximate surface area is 147 Å². The van der Waals surface area contributed by atoms with Crippen LogP contribution >= 0.6 is 0 Å².